The Morgan fingerprint density at radius 1 is 0.938 bits per heavy atom. The van der Waals surface area contributed by atoms with Crippen LogP contribution in [0.1, 0.15) is 46.0 Å². The molecule has 0 fully saturated rings. The number of hydrogen-bond donors (Lipinski definition) is 1. The molecule has 0 saturated heterocycles. The van der Waals surface area contributed by atoms with Gasteiger partial charge in [-0.2, -0.15) is 0 Å². The van der Waals surface area contributed by atoms with Crippen LogP contribution in [0.25, 0.3) is 0 Å². The highest BCUT2D eigenvalue weighted by atomic mass is 16.5. The molecule has 0 atom stereocenters. The molecule has 0 radical (unpaired) electrons. The summed E-state index contributed by atoms with van der Waals surface area (Å²) in [6.45, 7) is 10.2. The molecule has 0 aromatic carbocycles. The molecule has 0 unspecified atom stereocenters. The number of nitrogens with two attached hydrogens (primary N) is 1. The normalized spacial score (nSPS) is 11.2. The van der Waals surface area contributed by atoms with Crippen LogP contribution in [0.4, 0.5) is 0 Å². The molecule has 0 aliphatic rings. The highest BCUT2D eigenvalue weighted by Gasteiger charge is 2.01. The number of nitrogens with zero attached hydrogens (tertiary/aromatic N) is 1. The summed E-state index contributed by atoms with van der Waals surface area (Å²) in [4.78, 5) is 2.47. The maximum atomic E-state index is 5.46. The molecule has 0 heterocycles. The zero-order valence-corrected chi connectivity index (χ0v) is 11.2. The highest BCUT2D eigenvalue weighted by molar-refractivity contribution is 4.55. The third kappa shape index (κ3) is 10.4. The summed E-state index contributed by atoms with van der Waals surface area (Å²) in [6.07, 6.45) is 6.46. The fraction of sp³-hybridized carbons (Fsp3) is 1.00. The van der Waals surface area contributed by atoms with E-state index < -0.39 is 0 Å². The zero-order chi connectivity index (χ0) is 12.1. The van der Waals surface area contributed by atoms with Gasteiger partial charge in [0.05, 0.1) is 6.61 Å². The molecular formula is C13H30N2O. The summed E-state index contributed by atoms with van der Waals surface area (Å²) in [5.41, 5.74) is 5.46. The predicted octanol–water partition coefficient (Wildman–Crippen LogP) is 2.25. The minimum absolute atomic E-state index is 0.830. The molecule has 0 aliphatic heterocycles. The van der Waals surface area contributed by atoms with Crippen LogP contribution in [0.2, 0.25) is 0 Å². The Bertz CT molecular complexity index is 131. The number of hydrogen-bond acceptors (Lipinski definition) is 3. The first-order valence-corrected chi connectivity index (χ1v) is 6.85. The number of likely N-dealkylation sites (N-methyl/N-ethyl adjacent to an activating group) is 1. The van der Waals surface area contributed by atoms with Crippen LogP contribution in [0, 0.1) is 0 Å². The summed E-state index contributed by atoms with van der Waals surface area (Å²) >= 11 is 0. The fourth-order valence-corrected chi connectivity index (χ4v) is 1.78. The van der Waals surface area contributed by atoms with Gasteiger partial charge < -0.3 is 15.4 Å². The minimum Gasteiger partial charge on any atom is -0.380 e. The molecule has 98 valence electrons. The Morgan fingerprint density at radius 2 is 1.62 bits per heavy atom. The largest absolute Gasteiger partial charge is 0.380 e. The molecule has 0 rings (SSSR count). The molecule has 0 aromatic rings. The number of rotatable bonds is 12. The van der Waals surface area contributed by atoms with E-state index in [2.05, 4.69) is 11.8 Å². The average molecular weight is 230 g/mol. The lowest BCUT2D eigenvalue weighted by molar-refractivity contribution is 0.114. The maximum absolute atomic E-state index is 5.46. The van der Waals surface area contributed by atoms with Crippen LogP contribution in [-0.4, -0.2) is 44.3 Å². The molecule has 3 heteroatoms. The Morgan fingerprint density at radius 3 is 2.25 bits per heavy atom. The SMILES string of the molecule is CCOCCN(CC)CCCCCCCN. The lowest BCUT2D eigenvalue weighted by Gasteiger charge is -2.19. The quantitative estimate of drug-likeness (QED) is 0.523. The van der Waals surface area contributed by atoms with Gasteiger partial charge in [0.25, 0.3) is 0 Å². The summed E-state index contributed by atoms with van der Waals surface area (Å²) in [5.74, 6) is 0. The van der Waals surface area contributed by atoms with Crippen molar-refractivity contribution < 1.29 is 4.74 Å². The van der Waals surface area contributed by atoms with Gasteiger partial charge in [-0.25, -0.2) is 0 Å². The third-order valence-corrected chi connectivity index (χ3v) is 2.88. The molecule has 0 amide bonds. The van der Waals surface area contributed by atoms with E-state index in [0.717, 1.165) is 32.8 Å². The second-order valence-corrected chi connectivity index (χ2v) is 4.19. The van der Waals surface area contributed by atoms with Gasteiger partial charge in [0.15, 0.2) is 0 Å². The van der Waals surface area contributed by atoms with Gasteiger partial charge in [-0.3, -0.25) is 0 Å². The first-order valence-electron chi connectivity index (χ1n) is 6.85. The van der Waals surface area contributed by atoms with Crippen molar-refractivity contribution in [1.29, 1.82) is 0 Å². The van der Waals surface area contributed by atoms with Gasteiger partial charge in [0.2, 0.25) is 0 Å². The van der Waals surface area contributed by atoms with E-state index in [4.69, 9.17) is 10.5 Å². The first kappa shape index (κ1) is 15.9. The van der Waals surface area contributed by atoms with E-state index in [-0.39, 0.29) is 0 Å². The number of ether oxygens (including phenoxy) is 1. The first-order chi connectivity index (χ1) is 7.85. The molecule has 0 spiro atoms. The molecule has 0 saturated carbocycles. The van der Waals surface area contributed by atoms with Crippen molar-refractivity contribution >= 4 is 0 Å². The molecular weight excluding hydrogens is 200 g/mol. The van der Waals surface area contributed by atoms with Crippen molar-refractivity contribution in [2.75, 3.05) is 39.4 Å². The Balaban J connectivity index is 3.26. The van der Waals surface area contributed by atoms with Crippen LogP contribution >= 0.6 is 0 Å². The highest BCUT2D eigenvalue weighted by Crippen LogP contribution is 2.03. The molecule has 16 heavy (non-hydrogen) atoms. The molecule has 0 aliphatic carbocycles. The van der Waals surface area contributed by atoms with Crippen molar-refractivity contribution in [2.24, 2.45) is 5.73 Å². The average Bonchev–Trinajstić information content (AvgIpc) is 2.31. The zero-order valence-electron chi connectivity index (χ0n) is 11.2. The smallest absolute Gasteiger partial charge is 0.0593 e. The Labute approximate surface area is 101 Å². The van der Waals surface area contributed by atoms with E-state index in [1.54, 1.807) is 0 Å². The van der Waals surface area contributed by atoms with Crippen molar-refractivity contribution in [3.8, 4) is 0 Å². The third-order valence-electron chi connectivity index (χ3n) is 2.88. The minimum atomic E-state index is 0.830. The molecule has 2 N–H and O–H groups in total. The van der Waals surface area contributed by atoms with Crippen LogP contribution in [0.15, 0.2) is 0 Å². The summed E-state index contributed by atoms with van der Waals surface area (Å²) in [7, 11) is 0. The lowest BCUT2D eigenvalue weighted by Crippen LogP contribution is -2.28. The van der Waals surface area contributed by atoms with E-state index in [1.807, 2.05) is 6.92 Å². The molecule has 0 aromatic heterocycles. The van der Waals surface area contributed by atoms with E-state index in [9.17, 15) is 0 Å². The van der Waals surface area contributed by atoms with Crippen LogP contribution < -0.4 is 5.73 Å². The molecule has 3 nitrogen and oxygen atoms in total. The standard InChI is InChI=1S/C13H30N2O/c1-3-15(12-13-16-4-2)11-9-7-5-6-8-10-14/h3-14H2,1-2H3. The fourth-order valence-electron chi connectivity index (χ4n) is 1.78. The number of unbranched alkanes of at least 4 members (excludes halogenated alkanes) is 4. The topological polar surface area (TPSA) is 38.5 Å². The lowest BCUT2D eigenvalue weighted by atomic mass is 10.1. The van der Waals surface area contributed by atoms with Gasteiger partial charge in [-0.1, -0.05) is 26.2 Å². The predicted molar refractivity (Wildman–Crippen MR) is 70.7 cm³/mol. The second kappa shape index (κ2) is 12.9. The van der Waals surface area contributed by atoms with Crippen molar-refractivity contribution in [1.82, 2.24) is 4.90 Å². The van der Waals surface area contributed by atoms with E-state index in [1.165, 1.54) is 38.6 Å². The van der Waals surface area contributed by atoms with Gasteiger partial charge in [-0.05, 0) is 39.4 Å². The summed E-state index contributed by atoms with van der Waals surface area (Å²) in [6, 6.07) is 0. The van der Waals surface area contributed by atoms with Crippen LogP contribution in [0.3, 0.4) is 0 Å². The van der Waals surface area contributed by atoms with Crippen LogP contribution in [-0.2, 0) is 4.74 Å². The van der Waals surface area contributed by atoms with Gasteiger partial charge >= 0.3 is 0 Å². The van der Waals surface area contributed by atoms with Crippen molar-refractivity contribution in [2.45, 2.75) is 46.0 Å². The van der Waals surface area contributed by atoms with Gasteiger partial charge in [0, 0.05) is 13.2 Å². The van der Waals surface area contributed by atoms with Crippen molar-refractivity contribution in [3.05, 3.63) is 0 Å². The van der Waals surface area contributed by atoms with Gasteiger partial charge in [-0.15, -0.1) is 0 Å². The van der Waals surface area contributed by atoms with Crippen molar-refractivity contribution in [3.63, 3.8) is 0 Å². The van der Waals surface area contributed by atoms with Crippen LogP contribution in [0.5, 0.6) is 0 Å². The van der Waals surface area contributed by atoms with E-state index in [0.29, 0.717) is 0 Å². The summed E-state index contributed by atoms with van der Waals surface area (Å²) < 4.78 is 5.37. The molecule has 0 bridgehead atoms. The van der Waals surface area contributed by atoms with Gasteiger partial charge in [0.1, 0.15) is 0 Å². The summed E-state index contributed by atoms with van der Waals surface area (Å²) in [5, 5.41) is 0. The monoisotopic (exact) mass is 230 g/mol. The second-order valence-electron chi connectivity index (χ2n) is 4.19. The Hall–Kier alpha value is -0.120. The van der Waals surface area contributed by atoms with E-state index >= 15 is 0 Å². The maximum Gasteiger partial charge on any atom is 0.0593 e. The Kier molecular flexibility index (Phi) is 12.9.